The number of nitrogens with two attached hydrogens (primary N) is 1. The Bertz CT molecular complexity index is 350. The molecule has 17 heavy (non-hydrogen) atoms. The number of rotatable bonds is 4. The number of benzene rings is 1. The van der Waals surface area contributed by atoms with Crippen molar-refractivity contribution in [1.82, 2.24) is 5.43 Å². The Morgan fingerprint density at radius 1 is 1.41 bits per heavy atom. The Morgan fingerprint density at radius 2 is 2.12 bits per heavy atom. The van der Waals surface area contributed by atoms with Crippen LogP contribution in [0.25, 0.3) is 0 Å². The minimum Gasteiger partial charge on any atom is -0.378 e. The van der Waals surface area contributed by atoms with Gasteiger partial charge in [0.1, 0.15) is 0 Å². The fraction of sp³-hybridized carbons (Fsp3) is 0.571. The van der Waals surface area contributed by atoms with E-state index in [0.29, 0.717) is 18.1 Å². The van der Waals surface area contributed by atoms with Crippen molar-refractivity contribution in [1.29, 1.82) is 0 Å². The van der Waals surface area contributed by atoms with Crippen LogP contribution < -0.4 is 11.3 Å². The van der Waals surface area contributed by atoms with Gasteiger partial charge in [-0.05, 0) is 32.3 Å². The fourth-order valence-electron chi connectivity index (χ4n) is 2.47. The molecule has 1 aromatic carbocycles. The van der Waals surface area contributed by atoms with Crippen molar-refractivity contribution >= 4 is 0 Å². The van der Waals surface area contributed by atoms with Crippen molar-refractivity contribution < 1.29 is 4.74 Å². The molecule has 1 fully saturated rings. The van der Waals surface area contributed by atoms with Crippen LogP contribution in [0, 0.1) is 12.8 Å². The van der Waals surface area contributed by atoms with Crippen LogP contribution in [0.15, 0.2) is 24.3 Å². The van der Waals surface area contributed by atoms with Crippen molar-refractivity contribution in [2.24, 2.45) is 11.8 Å². The fourth-order valence-corrected chi connectivity index (χ4v) is 2.47. The monoisotopic (exact) mass is 234 g/mol. The third kappa shape index (κ3) is 3.28. The molecule has 3 heteroatoms. The van der Waals surface area contributed by atoms with Gasteiger partial charge in [-0.15, -0.1) is 0 Å². The van der Waals surface area contributed by atoms with Crippen LogP contribution in [0.4, 0.5) is 0 Å². The standard InChI is InChI=1S/C14H22N2O/c1-10-3-5-12(6-4-10)8-14(16-15)13-7-11(2)17-9-13/h3-6,11,13-14,16H,7-9,15H2,1-2H3. The Labute approximate surface area is 103 Å². The van der Waals surface area contributed by atoms with Crippen LogP contribution >= 0.6 is 0 Å². The summed E-state index contributed by atoms with van der Waals surface area (Å²) in [5.74, 6) is 6.19. The van der Waals surface area contributed by atoms with Crippen LogP contribution in [0.1, 0.15) is 24.5 Å². The largest absolute Gasteiger partial charge is 0.378 e. The maximum Gasteiger partial charge on any atom is 0.0551 e. The summed E-state index contributed by atoms with van der Waals surface area (Å²) in [7, 11) is 0. The van der Waals surface area contributed by atoms with Gasteiger partial charge in [0.2, 0.25) is 0 Å². The first-order valence-corrected chi connectivity index (χ1v) is 6.32. The molecule has 1 aromatic rings. The highest BCUT2D eigenvalue weighted by atomic mass is 16.5. The molecule has 3 atom stereocenters. The average molecular weight is 234 g/mol. The first-order chi connectivity index (χ1) is 8.19. The van der Waals surface area contributed by atoms with Crippen LogP contribution in [0.2, 0.25) is 0 Å². The molecule has 0 bridgehead atoms. The maximum absolute atomic E-state index is 5.67. The van der Waals surface area contributed by atoms with Crippen LogP contribution in [-0.4, -0.2) is 18.8 Å². The second-order valence-electron chi connectivity index (χ2n) is 5.10. The number of nitrogens with one attached hydrogen (secondary N) is 1. The highest BCUT2D eigenvalue weighted by Gasteiger charge is 2.28. The van der Waals surface area contributed by atoms with Gasteiger partial charge in [-0.1, -0.05) is 29.8 Å². The highest BCUT2D eigenvalue weighted by molar-refractivity contribution is 5.22. The van der Waals surface area contributed by atoms with Gasteiger partial charge < -0.3 is 4.74 Å². The Morgan fingerprint density at radius 3 is 2.65 bits per heavy atom. The molecule has 3 unspecified atom stereocenters. The van der Waals surface area contributed by atoms with Gasteiger partial charge in [-0.3, -0.25) is 11.3 Å². The van der Waals surface area contributed by atoms with E-state index in [-0.39, 0.29) is 0 Å². The molecule has 0 spiro atoms. The molecular weight excluding hydrogens is 212 g/mol. The topological polar surface area (TPSA) is 47.3 Å². The smallest absolute Gasteiger partial charge is 0.0551 e. The minimum atomic E-state index is 0.308. The lowest BCUT2D eigenvalue weighted by molar-refractivity contribution is 0.117. The second-order valence-corrected chi connectivity index (χ2v) is 5.10. The van der Waals surface area contributed by atoms with E-state index in [4.69, 9.17) is 10.6 Å². The summed E-state index contributed by atoms with van der Waals surface area (Å²) in [5.41, 5.74) is 5.57. The lowest BCUT2D eigenvalue weighted by Crippen LogP contribution is -2.42. The molecule has 1 aliphatic rings. The normalized spacial score (nSPS) is 26.1. The molecule has 94 valence electrons. The summed E-state index contributed by atoms with van der Waals surface area (Å²) >= 11 is 0. The van der Waals surface area contributed by atoms with Crippen molar-refractivity contribution in [2.75, 3.05) is 6.61 Å². The third-order valence-electron chi connectivity index (χ3n) is 3.59. The zero-order chi connectivity index (χ0) is 12.3. The van der Waals surface area contributed by atoms with Crippen LogP contribution in [0.5, 0.6) is 0 Å². The Balaban J connectivity index is 1.97. The molecular formula is C14H22N2O. The SMILES string of the molecule is Cc1ccc(CC(NN)C2COC(C)C2)cc1. The van der Waals surface area contributed by atoms with Gasteiger partial charge >= 0.3 is 0 Å². The molecule has 1 aliphatic heterocycles. The van der Waals surface area contributed by atoms with E-state index in [1.54, 1.807) is 0 Å². The van der Waals surface area contributed by atoms with Gasteiger partial charge in [0.15, 0.2) is 0 Å². The van der Waals surface area contributed by atoms with Crippen LogP contribution in [0.3, 0.4) is 0 Å². The molecule has 3 N–H and O–H groups in total. The number of ether oxygens (including phenoxy) is 1. The van der Waals surface area contributed by atoms with Crippen LogP contribution in [-0.2, 0) is 11.2 Å². The van der Waals surface area contributed by atoms with E-state index in [1.165, 1.54) is 11.1 Å². The molecule has 1 saturated heterocycles. The van der Waals surface area contributed by atoms with E-state index in [1.807, 2.05) is 0 Å². The second kappa shape index (κ2) is 5.63. The van der Waals surface area contributed by atoms with Gasteiger partial charge in [0.25, 0.3) is 0 Å². The van der Waals surface area contributed by atoms with E-state index >= 15 is 0 Å². The zero-order valence-corrected chi connectivity index (χ0v) is 10.6. The Kier molecular flexibility index (Phi) is 4.15. The summed E-state index contributed by atoms with van der Waals surface area (Å²) in [5, 5.41) is 0. The van der Waals surface area contributed by atoms with E-state index in [9.17, 15) is 0 Å². The van der Waals surface area contributed by atoms with E-state index < -0.39 is 0 Å². The lowest BCUT2D eigenvalue weighted by Gasteiger charge is -2.21. The number of hydrogen-bond acceptors (Lipinski definition) is 3. The summed E-state index contributed by atoms with van der Waals surface area (Å²) < 4.78 is 5.61. The van der Waals surface area contributed by atoms with Gasteiger partial charge in [0.05, 0.1) is 12.7 Å². The maximum atomic E-state index is 5.67. The molecule has 3 nitrogen and oxygen atoms in total. The predicted molar refractivity (Wildman–Crippen MR) is 69.5 cm³/mol. The number of aryl methyl sites for hydroxylation is 1. The molecule has 0 aromatic heterocycles. The summed E-state index contributed by atoms with van der Waals surface area (Å²) in [4.78, 5) is 0. The first kappa shape index (κ1) is 12.6. The van der Waals surface area contributed by atoms with Crippen molar-refractivity contribution in [2.45, 2.75) is 38.8 Å². The molecule has 0 radical (unpaired) electrons. The molecule has 0 saturated carbocycles. The quantitative estimate of drug-likeness (QED) is 0.617. The van der Waals surface area contributed by atoms with Crippen molar-refractivity contribution in [3.63, 3.8) is 0 Å². The van der Waals surface area contributed by atoms with Gasteiger partial charge in [-0.25, -0.2) is 0 Å². The zero-order valence-electron chi connectivity index (χ0n) is 10.6. The molecule has 2 rings (SSSR count). The molecule has 0 amide bonds. The molecule has 1 heterocycles. The van der Waals surface area contributed by atoms with Crippen molar-refractivity contribution in [3.8, 4) is 0 Å². The number of hydrazine groups is 1. The van der Waals surface area contributed by atoms with E-state index in [0.717, 1.165) is 19.4 Å². The predicted octanol–water partition coefficient (Wildman–Crippen LogP) is 1.79. The van der Waals surface area contributed by atoms with Crippen molar-refractivity contribution in [3.05, 3.63) is 35.4 Å². The lowest BCUT2D eigenvalue weighted by atomic mass is 9.92. The first-order valence-electron chi connectivity index (χ1n) is 6.32. The highest BCUT2D eigenvalue weighted by Crippen LogP contribution is 2.24. The molecule has 0 aliphatic carbocycles. The van der Waals surface area contributed by atoms with Gasteiger partial charge in [0, 0.05) is 12.0 Å². The number of hydrogen-bond donors (Lipinski definition) is 2. The minimum absolute atomic E-state index is 0.308. The summed E-state index contributed by atoms with van der Waals surface area (Å²) in [6.07, 6.45) is 2.44. The summed E-state index contributed by atoms with van der Waals surface area (Å²) in [6.45, 7) is 5.05. The average Bonchev–Trinajstić information content (AvgIpc) is 2.75. The summed E-state index contributed by atoms with van der Waals surface area (Å²) in [6, 6.07) is 8.97. The van der Waals surface area contributed by atoms with E-state index in [2.05, 4.69) is 43.5 Å². The third-order valence-corrected chi connectivity index (χ3v) is 3.59. The van der Waals surface area contributed by atoms with Gasteiger partial charge in [-0.2, -0.15) is 0 Å². The Hall–Kier alpha value is -0.900.